The molecular weight excluding hydrogens is 288 g/mol. The smallest absolute Gasteiger partial charge is 0.332 e. The number of aliphatic hydroxyl groups is 1. The van der Waals surface area contributed by atoms with Gasteiger partial charge >= 0.3 is 5.97 Å². The molecule has 3 nitrogen and oxygen atoms in total. The van der Waals surface area contributed by atoms with E-state index in [9.17, 15) is 4.79 Å². The van der Waals surface area contributed by atoms with Crippen LogP contribution in [0.5, 0.6) is 0 Å². The van der Waals surface area contributed by atoms with Crippen LogP contribution in [0.2, 0.25) is 0 Å². The first kappa shape index (κ1) is 21.4. The molecule has 23 heavy (non-hydrogen) atoms. The van der Waals surface area contributed by atoms with Gasteiger partial charge in [-0.3, -0.25) is 0 Å². The molecule has 0 aromatic carbocycles. The third-order valence-electron chi connectivity index (χ3n) is 3.35. The Kier molecular flexibility index (Phi) is 15.6. The highest BCUT2D eigenvalue weighted by molar-refractivity contribution is 5.71. The number of carbonyl (C=O) groups is 1. The Morgan fingerprint density at radius 1 is 0.870 bits per heavy atom. The van der Waals surface area contributed by atoms with E-state index >= 15 is 0 Å². The van der Waals surface area contributed by atoms with Crippen molar-refractivity contribution in [3.05, 3.63) is 48.6 Å². The maximum Gasteiger partial charge on any atom is 0.332 e. The molecule has 0 bridgehead atoms. The van der Waals surface area contributed by atoms with Crippen molar-refractivity contribution in [3.63, 3.8) is 0 Å². The second kappa shape index (κ2) is 16.8. The maximum atomic E-state index is 10.4. The highest BCUT2D eigenvalue weighted by atomic mass is 16.4. The normalized spacial score (nSPS) is 13.8. The third-order valence-corrected chi connectivity index (χ3v) is 3.35. The summed E-state index contributed by atoms with van der Waals surface area (Å²) in [4.78, 5) is 10.4. The second-order valence-corrected chi connectivity index (χ2v) is 5.54. The molecule has 0 saturated heterocycles. The van der Waals surface area contributed by atoms with Crippen LogP contribution in [-0.2, 0) is 4.79 Å². The minimum Gasteiger partial charge on any atom is -0.479 e. The van der Waals surface area contributed by atoms with E-state index in [2.05, 4.69) is 43.4 Å². The predicted octanol–water partition coefficient (Wildman–Crippen LogP) is 5.19. The predicted molar refractivity (Wildman–Crippen MR) is 97.4 cm³/mol. The van der Waals surface area contributed by atoms with Gasteiger partial charge in [-0.05, 0) is 44.9 Å². The quantitative estimate of drug-likeness (QED) is 0.263. The molecule has 0 fully saturated rings. The van der Waals surface area contributed by atoms with Gasteiger partial charge in [0.05, 0.1) is 0 Å². The minimum absolute atomic E-state index is 0.270. The van der Waals surface area contributed by atoms with Gasteiger partial charge in [0.15, 0.2) is 6.10 Å². The molecule has 0 aliphatic carbocycles. The molecule has 0 rings (SSSR count). The molecule has 1 unspecified atom stereocenters. The van der Waals surface area contributed by atoms with Crippen LogP contribution in [0.1, 0.15) is 64.7 Å². The average molecular weight is 320 g/mol. The lowest BCUT2D eigenvalue weighted by atomic mass is 10.2. The number of carboxylic acids is 1. The summed E-state index contributed by atoms with van der Waals surface area (Å²) in [7, 11) is 0. The van der Waals surface area contributed by atoms with E-state index in [0.717, 1.165) is 19.3 Å². The second-order valence-electron chi connectivity index (χ2n) is 5.54. The Hall–Kier alpha value is -1.61. The van der Waals surface area contributed by atoms with Crippen LogP contribution in [0.4, 0.5) is 0 Å². The van der Waals surface area contributed by atoms with Crippen molar-refractivity contribution in [2.45, 2.75) is 70.8 Å². The van der Waals surface area contributed by atoms with Crippen molar-refractivity contribution < 1.29 is 15.0 Å². The van der Waals surface area contributed by atoms with Crippen molar-refractivity contribution in [1.29, 1.82) is 0 Å². The highest BCUT2D eigenvalue weighted by Crippen LogP contribution is 2.01. The van der Waals surface area contributed by atoms with Crippen LogP contribution in [0.15, 0.2) is 48.6 Å². The first-order valence-corrected chi connectivity index (χ1v) is 8.71. The molecule has 1 atom stereocenters. The molecule has 2 N–H and O–H groups in total. The molecular formula is C20H32O3. The molecule has 130 valence electrons. The zero-order valence-corrected chi connectivity index (χ0v) is 14.4. The number of aliphatic carboxylic acids is 1. The number of rotatable bonds is 14. The first-order chi connectivity index (χ1) is 11.2. The van der Waals surface area contributed by atoms with Gasteiger partial charge in [-0.15, -0.1) is 0 Å². The monoisotopic (exact) mass is 320 g/mol. The van der Waals surface area contributed by atoms with Crippen LogP contribution in [-0.4, -0.2) is 22.3 Å². The molecule has 3 heteroatoms. The van der Waals surface area contributed by atoms with E-state index in [1.807, 2.05) is 12.2 Å². The van der Waals surface area contributed by atoms with E-state index in [4.69, 9.17) is 10.2 Å². The summed E-state index contributed by atoms with van der Waals surface area (Å²) in [6, 6.07) is 0. The zero-order valence-electron chi connectivity index (χ0n) is 14.4. The fourth-order valence-electron chi connectivity index (χ4n) is 1.94. The van der Waals surface area contributed by atoms with Crippen LogP contribution in [0.3, 0.4) is 0 Å². The lowest BCUT2D eigenvalue weighted by Crippen LogP contribution is -2.18. The fourth-order valence-corrected chi connectivity index (χ4v) is 1.94. The summed E-state index contributed by atoms with van der Waals surface area (Å²) in [6.45, 7) is 2.22. The highest BCUT2D eigenvalue weighted by Gasteiger charge is 2.10. The number of aliphatic hydroxyl groups excluding tert-OH is 1. The standard InChI is InChI=1S/C20H32O3/c1-2-3-4-5-6-7-8-9-10-11-12-13-14-15-16-17-18-19(21)20(22)23/h6-9,12-13,15-16,19,21H,2-5,10-11,14,17-18H2,1H3,(H,22,23)/b7-6-,9-8+,13-12-,16-15-. The van der Waals surface area contributed by atoms with E-state index in [0.29, 0.717) is 6.42 Å². The molecule has 0 radical (unpaired) electrons. The molecule has 0 spiro atoms. The molecule has 0 aromatic rings. The first-order valence-electron chi connectivity index (χ1n) is 8.71. The van der Waals surface area contributed by atoms with Crippen LogP contribution >= 0.6 is 0 Å². The van der Waals surface area contributed by atoms with Crippen LogP contribution < -0.4 is 0 Å². The minimum atomic E-state index is -1.25. The summed E-state index contributed by atoms with van der Waals surface area (Å²) in [5.74, 6) is -1.15. The molecule has 0 amide bonds. The van der Waals surface area contributed by atoms with E-state index < -0.39 is 12.1 Å². The third kappa shape index (κ3) is 16.6. The number of carboxylic acid groups (broad SMARTS) is 1. The molecule has 0 saturated carbocycles. The van der Waals surface area contributed by atoms with Crippen molar-refractivity contribution in [1.82, 2.24) is 0 Å². The Morgan fingerprint density at radius 2 is 1.48 bits per heavy atom. The SMILES string of the molecule is CCCCC/C=C\C=C\CC/C=C\C/C=C\CCC(O)C(=O)O. The Labute approximate surface area is 141 Å². The summed E-state index contributed by atoms with van der Waals surface area (Å²) in [5, 5.41) is 17.6. The number of unbranched alkanes of at least 4 members (excludes halogenated alkanes) is 4. The summed E-state index contributed by atoms with van der Waals surface area (Å²) < 4.78 is 0. The summed E-state index contributed by atoms with van der Waals surface area (Å²) in [6.07, 6.45) is 24.4. The average Bonchev–Trinajstić information content (AvgIpc) is 2.54. The van der Waals surface area contributed by atoms with Crippen molar-refractivity contribution in [2.24, 2.45) is 0 Å². The van der Waals surface area contributed by atoms with Gasteiger partial charge in [-0.25, -0.2) is 4.79 Å². The van der Waals surface area contributed by atoms with Gasteiger partial charge in [-0.2, -0.15) is 0 Å². The lowest BCUT2D eigenvalue weighted by molar-refractivity contribution is -0.146. The zero-order chi connectivity index (χ0) is 17.2. The Bertz CT molecular complexity index is 392. The largest absolute Gasteiger partial charge is 0.479 e. The van der Waals surface area contributed by atoms with Crippen LogP contribution in [0.25, 0.3) is 0 Å². The van der Waals surface area contributed by atoms with Gasteiger partial charge in [0.2, 0.25) is 0 Å². The molecule has 0 heterocycles. The van der Waals surface area contributed by atoms with E-state index in [1.54, 1.807) is 0 Å². The van der Waals surface area contributed by atoms with Crippen molar-refractivity contribution >= 4 is 5.97 Å². The summed E-state index contributed by atoms with van der Waals surface area (Å²) in [5.41, 5.74) is 0. The van der Waals surface area contributed by atoms with Crippen molar-refractivity contribution in [2.75, 3.05) is 0 Å². The number of hydrogen-bond acceptors (Lipinski definition) is 2. The Morgan fingerprint density at radius 3 is 2.13 bits per heavy atom. The Balaban J connectivity index is 3.48. The number of hydrogen-bond donors (Lipinski definition) is 2. The summed E-state index contributed by atoms with van der Waals surface area (Å²) >= 11 is 0. The maximum absolute atomic E-state index is 10.4. The van der Waals surface area contributed by atoms with Crippen molar-refractivity contribution in [3.8, 4) is 0 Å². The number of allylic oxidation sites excluding steroid dienone is 8. The molecule has 0 aromatic heterocycles. The van der Waals surface area contributed by atoms with Gasteiger partial charge in [0, 0.05) is 0 Å². The molecule has 0 aliphatic heterocycles. The topological polar surface area (TPSA) is 57.5 Å². The van der Waals surface area contributed by atoms with Gasteiger partial charge in [0.1, 0.15) is 0 Å². The molecule has 0 aliphatic rings. The van der Waals surface area contributed by atoms with Gasteiger partial charge in [-0.1, -0.05) is 68.4 Å². The van der Waals surface area contributed by atoms with E-state index in [-0.39, 0.29) is 6.42 Å². The van der Waals surface area contributed by atoms with Gasteiger partial charge in [0.25, 0.3) is 0 Å². The lowest BCUT2D eigenvalue weighted by Gasteiger charge is -2.00. The fraction of sp³-hybridized carbons (Fsp3) is 0.550. The van der Waals surface area contributed by atoms with Crippen LogP contribution in [0, 0.1) is 0 Å². The van der Waals surface area contributed by atoms with E-state index in [1.165, 1.54) is 25.7 Å². The van der Waals surface area contributed by atoms with Gasteiger partial charge < -0.3 is 10.2 Å².